The van der Waals surface area contributed by atoms with Crippen LogP contribution in [0.2, 0.25) is 0 Å². The maximum absolute atomic E-state index is 8.95. The van der Waals surface area contributed by atoms with Crippen molar-refractivity contribution in [2.45, 2.75) is 18.4 Å². The molecule has 10 heavy (non-hydrogen) atoms. The number of aliphatic hydroxyl groups excluding tert-OH is 1. The van der Waals surface area contributed by atoms with Crippen molar-refractivity contribution < 1.29 is 5.11 Å². The number of aliphatic hydroxyl groups is 1. The highest BCUT2D eigenvalue weighted by atomic mass is 16.3. The molecule has 1 fully saturated rings. The minimum atomic E-state index is -0.0382. The van der Waals surface area contributed by atoms with Crippen molar-refractivity contribution in [3.8, 4) is 0 Å². The lowest BCUT2D eigenvalue weighted by Gasteiger charge is -2.10. The summed E-state index contributed by atoms with van der Waals surface area (Å²) >= 11 is 0. The van der Waals surface area contributed by atoms with Gasteiger partial charge in [-0.15, -0.1) is 10.2 Å². The minimum Gasteiger partial charge on any atom is -0.394 e. The Bertz CT molecular complexity index is 215. The Morgan fingerprint density at radius 3 is 2.40 bits per heavy atom. The van der Waals surface area contributed by atoms with E-state index in [4.69, 9.17) is 5.11 Å². The van der Waals surface area contributed by atoms with E-state index in [0.717, 1.165) is 12.8 Å². The molecule has 1 aromatic rings. The SMILES string of the molecule is OCC1(n2cnnc2)CC1. The second-order valence-electron chi connectivity index (χ2n) is 2.75. The van der Waals surface area contributed by atoms with E-state index in [0.29, 0.717) is 0 Å². The molecule has 1 saturated carbocycles. The summed E-state index contributed by atoms with van der Waals surface area (Å²) in [5.41, 5.74) is -0.0382. The quantitative estimate of drug-likeness (QED) is 0.615. The highest BCUT2D eigenvalue weighted by Crippen LogP contribution is 2.42. The first-order valence-electron chi connectivity index (χ1n) is 3.33. The molecule has 0 amide bonds. The summed E-state index contributed by atoms with van der Waals surface area (Å²) in [7, 11) is 0. The van der Waals surface area contributed by atoms with Gasteiger partial charge < -0.3 is 9.67 Å². The van der Waals surface area contributed by atoms with Gasteiger partial charge >= 0.3 is 0 Å². The monoisotopic (exact) mass is 139 g/mol. The van der Waals surface area contributed by atoms with Gasteiger partial charge in [-0.1, -0.05) is 0 Å². The third kappa shape index (κ3) is 0.654. The number of aromatic nitrogens is 3. The van der Waals surface area contributed by atoms with Crippen molar-refractivity contribution in [1.29, 1.82) is 0 Å². The van der Waals surface area contributed by atoms with Crippen molar-refractivity contribution in [2.75, 3.05) is 6.61 Å². The summed E-state index contributed by atoms with van der Waals surface area (Å²) < 4.78 is 1.88. The van der Waals surface area contributed by atoms with Gasteiger partial charge in [0.15, 0.2) is 0 Å². The minimum absolute atomic E-state index is 0.0382. The van der Waals surface area contributed by atoms with Crippen molar-refractivity contribution in [3.63, 3.8) is 0 Å². The molecule has 0 bridgehead atoms. The average molecular weight is 139 g/mol. The lowest BCUT2D eigenvalue weighted by atomic mass is 10.3. The molecule has 1 aliphatic rings. The molecule has 1 N–H and O–H groups in total. The number of hydrogen-bond donors (Lipinski definition) is 1. The number of rotatable bonds is 2. The van der Waals surface area contributed by atoms with Gasteiger partial charge in [-0.25, -0.2) is 0 Å². The van der Waals surface area contributed by atoms with Gasteiger partial charge in [0.25, 0.3) is 0 Å². The second-order valence-corrected chi connectivity index (χ2v) is 2.75. The van der Waals surface area contributed by atoms with E-state index in [1.165, 1.54) is 0 Å². The fourth-order valence-corrected chi connectivity index (χ4v) is 1.09. The van der Waals surface area contributed by atoms with Crippen LogP contribution in [0.4, 0.5) is 0 Å². The lowest BCUT2D eigenvalue weighted by Crippen LogP contribution is -2.19. The van der Waals surface area contributed by atoms with Crippen LogP contribution < -0.4 is 0 Å². The van der Waals surface area contributed by atoms with E-state index in [1.54, 1.807) is 12.7 Å². The highest BCUT2D eigenvalue weighted by molar-refractivity contribution is 4.99. The molecule has 0 unspecified atom stereocenters. The molecule has 0 radical (unpaired) electrons. The predicted molar refractivity (Wildman–Crippen MR) is 34.3 cm³/mol. The normalized spacial score (nSPS) is 20.9. The smallest absolute Gasteiger partial charge is 0.119 e. The van der Waals surface area contributed by atoms with Gasteiger partial charge in [0, 0.05) is 0 Å². The molecule has 2 rings (SSSR count). The first-order chi connectivity index (χ1) is 4.87. The van der Waals surface area contributed by atoms with Crippen LogP contribution in [0.15, 0.2) is 12.7 Å². The van der Waals surface area contributed by atoms with Crippen LogP contribution in [0.5, 0.6) is 0 Å². The fourth-order valence-electron chi connectivity index (χ4n) is 1.09. The molecule has 0 atom stereocenters. The summed E-state index contributed by atoms with van der Waals surface area (Å²) in [5.74, 6) is 0. The topological polar surface area (TPSA) is 50.9 Å². The summed E-state index contributed by atoms with van der Waals surface area (Å²) in [6, 6.07) is 0. The van der Waals surface area contributed by atoms with E-state index >= 15 is 0 Å². The molecule has 0 aliphatic heterocycles. The Hall–Kier alpha value is -0.900. The van der Waals surface area contributed by atoms with Crippen molar-refractivity contribution >= 4 is 0 Å². The molecule has 4 heteroatoms. The Morgan fingerprint density at radius 2 is 2.00 bits per heavy atom. The van der Waals surface area contributed by atoms with Crippen LogP contribution in [0, 0.1) is 0 Å². The third-order valence-electron chi connectivity index (χ3n) is 2.09. The van der Waals surface area contributed by atoms with E-state index in [1.807, 2.05) is 4.57 Å². The van der Waals surface area contributed by atoms with E-state index < -0.39 is 0 Å². The molecule has 1 aliphatic carbocycles. The van der Waals surface area contributed by atoms with Crippen LogP contribution in [0.3, 0.4) is 0 Å². The molecular formula is C6H9N3O. The lowest BCUT2D eigenvalue weighted by molar-refractivity contribution is 0.212. The zero-order chi connectivity index (χ0) is 7.03. The first kappa shape index (κ1) is 5.85. The van der Waals surface area contributed by atoms with E-state index in [2.05, 4.69) is 10.2 Å². The summed E-state index contributed by atoms with van der Waals surface area (Å²) in [5, 5.41) is 16.3. The number of hydrogen-bond acceptors (Lipinski definition) is 3. The van der Waals surface area contributed by atoms with Gasteiger partial charge in [-0.3, -0.25) is 0 Å². The van der Waals surface area contributed by atoms with Crippen molar-refractivity contribution in [1.82, 2.24) is 14.8 Å². The zero-order valence-corrected chi connectivity index (χ0v) is 5.56. The van der Waals surface area contributed by atoms with Crippen LogP contribution in [0.25, 0.3) is 0 Å². The Labute approximate surface area is 58.5 Å². The maximum atomic E-state index is 8.95. The van der Waals surface area contributed by atoms with E-state index in [-0.39, 0.29) is 12.1 Å². The van der Waals surface area contributed by atoms with Crippen LogP contribution in [0.1, 0.15) is 12.8 Å². The fraction of sp³-hybridized carbons (Fsp3) is 0.667. The third-order valence-corrected chi connectivity index (χ3v) is 2.09. The first-order valence-corrected chi connectivity index (χ1v) is 3.33. The van der Waals surface area contributed by atoms with Gasteiger partial charge in [-0.05, 0) is 12.8 Å². The van der Waals surface area contributed by atoms with Crippen LogP contribution in [-0.4, -0.2) is 26.5 Å². The second kappa shape index (κ2) is 1.79. The van der Waals surface area contributed by atoms with E-state index in [9.17, 15) is 0 Å². The van der Waals surface area contributed by atoms with Crippen LogP contribution >= 0.6 is 0 Å². The summed E-state index contributed by atoms with van der Waals surface area (Å²) in [6.07, 6.45) is 5.40. The maximum Gasteiger partial charge on any atom is 0.119 e. The largest absolute Gasteiger partial charge is 0.394 e. The molecule has 0 aromatic carbocycles. The predicted octanol–water partition coefficient (Wildman–Crippen LogP) is -0.241. The Morgan fingerprint density at radius 1 is 1.40 bits per heavy atom. The van der Waals surface area contributed by atoms with Gasteiger partial charge in [0.05, 0.1) is 12.1 Å². The number of nitrogens with zero attached hydrogens (tertiary/aromatic N) is 3. The average Bonchev–Trinajstić information content (AvgIpc) is 2.58. The molecule has 0 saturated heterocycles. The van der Waals surface area contributed by atoms with Crippen LogP contribution in [-0.2, 0) is 5.54 Å². The molecule has 4 nitrogen and oxygen atoms in total. The Balaban J connectivity index is 2.27. The molecule has 1 heterocycles. The van der Waals surface area contributed by atoms with Crippen molar-refractivity contribution in [3.05, 3.63) is 12.7 Å². The zero-order valence-electron chi connectivity index (χ0n) is 5.56. The van der Waals surface area contributed by atoms with Gasteiger partial charge in [0.2, 0.25) is 0 Å². The molecule has 1 aromatic heterocycles. The Kier molecular flexibility index (Phi) is 1.05. The molecule has 0 spiro atoms. The van der Waals surface area contributed by atoms with Gasteiger partial charge in [-0.2, -0.15) is 0 Å². The highest BCUT2D eigenvalue weighted by Gasteiger charge is 2.43. The van der Waals surface area contributed by atoms with Crippen molar-refractivity contribution in [2.24, 2.45) is 0 Å². The summed E-state index contributed by atoms with van der Waals surface area (Å²) in [4.78, 5) is 0. The molecule has 54 valence electrons. The summed E-state index contributed by atoms with van der Waals surface area (Å²) in [6.45, 7) is 0.199. The standard InChI is InChI=1S/C6H9N3O/c10-3-6(1-2-6)9-4-7-8-5-9/h4-5,10H,1-3H2. The molecular weight excluding hydrogens is 130 g/mol. The van der Waals surface area contributed by atoms with Gasteiger partial charge in [0.1, 0.15) is 12.7 Å².